The van der Waals surface area contributed by atoms with Gasteiger partial charge in [0.05, 0.1) is 4.92 Å². The molecule has 5 heteroatoms. The van der Waals surface area contributed by atoms with Crippen LogP contribution in [0.1, 0.15) is 16.7 Å². The van der Waals surface area contributed by atoms with Gasteiger partial charge < -0.3 is 5.32 Å². The summed E-state index contributed by atoms with van der Waals surface area (Å²) in [5.41, 5.74) is 3.47. The van der Waals surface area contributed by atoms with Crippen LogP contribution in [-0.2, 0) is 4.79 Å². The Labute approximate surface area is 128 Å². The summed E-state index contributed by atoms with van der Waals surface area (Å²) in [6, 6.07) is 11.8. The number of aryl methyl sites for hydroxylation is 1. The van der Waals surface area contributed by atoms with Gasteiger partial charge in [-0.15, -0.1) is 0 Å². The Morgan fingerprint density at radius 2 is 1.91 bits per heavy atom. The molecule has 2 rings (SSSR count). The molecule has 0 unspecified atom stereocenters. The number of nitrogens with one attached hydrogen (secondary N) is 1. The first-order chi connectivity index (χ1) is 10.5. The lowest BCUT2D eigenvalue weighted by Gasteiger charge is -2.08. The van der Waals surface area contributed by atoms with Crippen molar-refractivity contribution in [3.8, 4) is 0 Å². The smallest absolute Gasteiger partial charge is 0.270 e. The first-order valence-corrected chi connectivity index (χ1v) is 6.77. The summed E-state index contributed by atoms with van der Waals surface area (Å²) in [6.45, 7) is 3.92. The van der Waals surface area contributed by atoms with E-state index in [0.29, 0.717) is 5.56 Å². The molecule has 0 aromatic heterocycles. The zero-order valence-electron chi connectivity index (χ0n) is 12.4. The lowest BCUT2D eigenvalue weighted by atomic mass is 10.1. The van der Waals surface area contributed by atoms with Crippen molar-refractivity contribution >= 4 is 23.4 Å². The van der Waals surface area contributed by atoms with Gasteiger partial charge in [-0.05, 0) is 42.7 Å². The summed E-state index contributed by atoms with van der Waals surface area (Å²) in [5.74, 6) is -0.278. The molecule has 0 atom stereocenters. The van der Waals surface area contributed by atoms with Crippen LogP contribution in [-0.4, -0.2) is 10.8 Å². The minimum Gasteiger partial charge on any atom is -0.322 e. The summed E-state index contributed by atoms with van der Waals surface area (Å²) in [6.07, 6.45) is 2.91. The molecule has 0 aliphatic carbocycles. The first kappa shape index (κ1) is 15.4. The van der Waals surface area contributed by atoms with Crippen LogP contribution >= 0.6 is 0 Å². The lowest BCUT2D eigenvalue weighted by molar-refractivity contribution is -0.384. The number of hydrogen-bond acceptors (Lipinski definition) is 3. The zero-order valence-corrected chi connectivity index (χ0v) is 12.4. The van der Waals surface area contributed by atoms with E-state index in [9.17, 15) is 14.9 Å². The van der Waals surface area contributed by atoms with E-state index >= 15 is 0 Å². The van der Waals surface area contributed by atoms with E-state index in [2.05, 4.69) is 5.32 Å². The molecule has 0 spiro atoms. The summed E-state index contributed by atoms with van der Waals surface area (Å²) >= 11 is 0. The molecule has 0 radical (unpaired) electrons. The Morgan fingerprint density at radius 1 is 1.18 bits per heavy atom. The summed E-state index contributed by atoms with van der Waals surface area (Å²) < 4.78 is 0. The van der Waals surface area contributed by atoms with Crippen molar-refractivity contribution in [3.63, 3.8) is 0 Å². The second-order valence-corrected chi connectivity index (χ2v) is 4.92. The quantitative estimate of drug-likeness (QED) is 0.529. The van der Waals surface area contributed by atoms with Crippen molar-refractivity contribution in [1.29, 1.82) is 0 Å². The summed E-state index contributed by atoms with van der Waals surface area (Å²) in [4.78, 5) is 22.2. The van der Waals surface area contributed by atoms with Gasteiger partial charge in [-0.25, -0.2) is 0 Å². The Kier molecular flexibility index (Phi) is 4.68. The molecule has 2 aromatic carbocycles. The molecule has 0 heterocycles. The van der Waals surface area contributed by atoms with Crippen LogP contribution in [0.2, 0.25) is 0 Å². The predicted molar refractivity (Wildman–Crippen MR) is 86.7 cm³/mol. The Morgan fingerprint density at radius 3 is 2.64 bits per heavy atom. The molecule has 0 saturated heterocycles. The minimum atomic E-state index is -0.465. The molecule has 0 bridgehead atoms. The number of non-ortho nitro benzene ring substituents is 1. The van der Waals surface area contributed by atoms with Crippen LogP contribution in [0.4, 0.5) is 11.4 Å². The Bertz CT molecular complexity index is 751. The number of carbonyl (C=O) groups is 1. The second-order valence-electron chi connectivity index (χ2n) is 4.92. The van der Waals surface area contributed by atoms with E-state index in [4.69, 9.17) is 0 Å². The number of nitro groups is 1. The van der Waals surface area contributed by atoms with Crippen LogP contribution in [0.5, 0.6) is 0 Å². The van der Waals surface area contributed by atoms with E-state index in [1.807, 2.05) is 32.0 Å². The van der Waals surface area contributed by atoms with Gasteiger partial charge in [0, 0.05) is 23.9 Å². The normalized spacial score (nSPS) is 10.6. The molecule has 5 nitrogen and oxygen atoms in total. The van der Waals surface area contributed by atoms with Crippen molar-refractivity contribution in [2.24, 2.45) is 0 Å². The maximum atomic E-state index is 11.9. The fourth-order valence-corrected chi connectivity index (χ4v) is 1.97. The molecule has 0 aliphatic rings. The van der Waals surface area contributed by atoms with Crippen molar-refractivity contribution in [2.75, 3.05) is 5.32 Å². The van der Waals surface area contributed by atoms with Gasteiger partial charge in [-0.3, -0.25) is 14.9 Å². The topological polar surface area (TPSA) is 72.2 Å². The number of benzene rings is 2. The fraction of sp³-hybridized carbons (Fsp3) is 0.118. The highest BCUT2D eigenvalue weighted by atomic mass is 16.6. The average molecular weight is 296 g/mol. The zero-order chi connectivity index (χ0) is 16.1. The van der Waals surface area contributed by atoms with Crippen LogP contribution in [0.25, 0.3) is 6.08 Å². The number of rotatable bonds is 4. The van der Waals surface area contributed by atoms with E-state index in [1.165, 1.54) is 18.2 Å². The fourth-order valence-electron chi connectivity index (χ4n) is 1.97. The molecule has 2 aromatic rings. The highest BCUT2D eigenvalue weighted by molar-refractivity contribution is 6.02. The number of carbonyl (C=O) groups excluding carboxylic acids is 1. The van der Waals surface area contributed by atoms with Gasteiger partial charge in [0.2, 0.25) is 5.91 Å². The van der Waals surface area contributed by atoms with Crippen molar-refractivity contribution in [2.45, 2.75) is 13.8 Å². The third kappa shape index (κ3) is 3.79. The summed E-state index contributed by atoms with van der Waals surface area (Å²) in [7, 11) is 0. The standard InChI is InChI=1S/C17H16N2O3/c1-12-5-3-8-16(13(12)2)18-17(20)10-9-14-6-4-7-15(11-14)19(21)22/h3-11H,1-2H3,(H,18,20)/b10-9+. The first-order valence-electron chi connectivity index (χ1n) is 6.77. The average Bonchev–Trinajstić information content (AvgIpc) is 2.50. The molecule has 0 saturated carbocycles. The van der Waals surface area contributed by atoms with Crippen LogP contribution in [0.15, 0.2) is 48.5 Å². The maximum absolute atomic E-state index is 11.9. The van der Waals surface area contributed by atoms with E-state index in [1.54, 1.807) is 18.2 Å². The largest absolute Gasteiger partial charge is 0.322 e. The van der Waals surface area contributed by atoms with E-state index < -0.39 is 4.92 Å². The van der Waals surface area contributed by atoms with Crippen molar-refractivity contribution in [1.82, 2.24) is 0 Å². The van der Waals surface area contributed by atoms with Crippen LogP contribution in [0, 0.1) is 24.0 Å². The highest BCUT2D eigenvalue weighted by Gasteiger charge is 2.05. The van der Waals surface area contributed by atoms with Crippen LogP contribution in [0.3, 0.4) is 0 Å². The third-order valence-electron chi connectivity index (χ3n) is 3.37. The Balaban J connectivity index is 2.10. The molecule has 1 N–H and O–H groups in total. The summed E-state index contributed by atoms with van der Waals surface area (Å²) in [5, 5.41) is 13.5. The number of nitrogens with zero attached hydrogens (tertiary/aromatic N) is 1. The third-order valence-corrected chi connectivity index (χ3v) is 3.37. The van der Waals surface area contributed by atoms with Gasteiger partial charge in [-0.2, -0.15) is 0 Å². The molecule has 0 aliphatic heterocycles. The minimum absolute atomic E-state index is 0.00270. The number of nitro benzene ring substituents is 1. The SMILES string of the molecule is Cc1cccc(NC(=O)/C=C/c2cccc([N+](=O)[O-])c2)c1C. The molecule has 112 valence electrons. The van der Waals surface area contributed by atoms with Gasteiger partial charge >= 0.3 is 0 Å². The van der Waals surface area contributed by atoms with Crippen LogP contribution < -0.4 is 5.32 Å². The van der Waals surface area contributed by atoms with Gasteiger partial charge in [0.25, 0.3) is 5.69 Å². The van der Waals surface area contributed by atoms with E-state index in [-0.39, 0.29) is 11.6 Å². The maximum Gasteiger partial charge on any atom is 0.270 e. The number of anilines is 1. The van der Waals surface area contributed by atoms with Crippen molar-refractivity contribution in [3.05, 3.63) is 75.3 Å². The molecular formula is C17H16N2O3. The number of hydrogen-bond donors (Lipinski definition) is 1. The highest BCUT2D eigenvalue weighted by Crippen LogP contribution is 2.18. The van der Waals surface area contributed by atoms with E-state index in [0.717, 1.165) is 16.8 Å². The molecule has 0 fully saturated rings. The predicted octanol–water partition coefficient (Wildman–Crippen LogP) is 3.86. The molecular weight excluding hydrogens is 280 g/mol. The second kappa shape index (κ2) is 6.67. The molecule has 22 heavy (non-hydrogen) atoms. The number of amides is 1. The monoisotopic (exact) mass is 296 g/mol. The van der Waals surface area contributed by atoms with Crippen molar-refractivity contribution < 1.29 is 9.72 Å². The van der Waals surface area contributed by atoms with Gasteiger partial charge in [-0.1, -0.05) is 24.3 Å². The van der Waals surface area contributed by atoms with Gasteiger partial charge in [0.15, 0.2) is 0 Å². The Hall–Kier alpha value is -2.95. The molecule has 1 amide bonds. The van der Waals surface area contributed by atoms with Gasteiger partial charge in [0.1, 0.15) is 0 Å². The lowest BCUT2D eigenvalue weighted by Crippen LogP contribution is -2.09.